The van der Waals surface area contributed by atoms with Gasteiger partial charge in [0.2, 0.25) is 5.78 Å². The highest BCUT2D eigenvalue weighted by atomic mass is 19.2. The maximum absolute atomic E-state index is 13.8. The van der Waals surface area contributed by atoms with Gasteiger partial charge in [-0.1, -0.05) is 0 Å². The third kappa shape index (κ3) is 4.42. The van der Waals surface area contributed by atoms with E-state index in [4.69, 9.17) is 5.11 Å². The summed E-state index contributed by atoms with van der Waals surface area (Å²) in [4.78, 5) is 35.1. The maximum Gasteiger partial charge on any atom is 0.343 e. The van der Waals surface area contributed by atoms with Gasteiger partial charge in [-0.25, -0.2) is 27.4 Å². The number of Topliss-reactive ketones (excluding diaryl/α,β-unsaturated/α-hetero) is 1. The highest BCUT2D eigenvalue weighted by Gasteiger charge is 2.30. The number of hydrogen-bond donors (Lipinski definition) is 1. The molecule has 0 amide bonds. The maximum atomic E-state index is 13.8. The summed E-state index contributed by atoms with van der Waals surface area (Å²) in [7, 11) is 0. The quantitative estimate of drug-likeness (QED) is 0.0712. The van der Waals surface area contributed by atoms with E-state index in [0.29, 0.717) is 11.2 Å². The molecule has 0 fully saturated rings. The summed E-state index contributed by atoms with van der Waals surface area (Å²) in [6.07, 6.45) is 0.535. The molecule has 1 atom stereocenters. The number of ether oxygens (including phenoxy) is 1. The van der Waals surface area contributed by atoms with Crippen molar-refractivity contribution in [2.75, 3.05) is 13.2 Å². The number of nitrogens with zero attached hydrogens (tertiary/aromatic N) is 2. The number of esters is 1. The topological polar surface area (TPSA) is 96.3 Å². The van der Waals surface area contributed by atoms with Crippen LogP contribution in [0.25, 0.3) is 0 Å². The molecule has 0 radical (unpaired) electrons. The lowest BCUT2D eigenvalue weighted by Crippen LogP contribution is -2.29. The number of aliphatic hydroxyl groups excluding tert-OH is 1. The normalized spacial score (nSPS) is 12.5. The fourth-order valence-electron chi connectivity index (χ4n) is 1.74. The predicted octanol–water partition coefficient (Wildman–Crippen LogP) is 2.24. The Labute approximate surface area is 144 Å². The van der Waals surface area contributed by atoms with Gasteiger partial charge in [-0.2, -0.15) is 0 Å². The van der Waals surface area contributed by atoms with Gasteiger partial charge in [0.25, 0.3) is 0 Å². The fourth-order valence-corrected chi connectivity index (χ4v) is 1.74. The zero-order valence-electron chi connectivity index (χ0n) is 13.6. The Morgan fingerprint density at radius 1 is 1.27 bits per heavy atom. The van der Waals surface area contributed by atoms with E-state index in [1.54, 1.807) is 0 Å². The minimum Gasteiger partial charge on any atom is -0.462 e. The SMILES string of the molecule is CCOC(=O)/C(=C\N(N=O)C(C)CO)C(=O)c1cc(F)c(F)c(F)c1F. The monoisotopic (exact) mass is 378 g/mol. The first-order chi connectivity index (χ1) is 12.2. The lowest BCUT2D eigenvalue weighted by atomic mass is 10.0. The number of carbonyl (C=O) groups is 2. The number of hydrogen-bond acceptors (Lipinski definition) is 6. The molecule has 0 aromatic heterocycles. The molecule has 0 saturated heterocycles. The molecule has 1 N–H and O–H groups in total. The van der Waals surface area contributed by atoms with Crippen LogP contribution in [0.5, 0.6) is 0 Å². The highest BCUT2D eigenvalue weighted by Crippen LogP contribution is 2.22. The minimum absolute atomic E-state index is 0.0668. The summed E-state index contributed by atoms with van der Waals surface area (Å²) in [5.74, 6) is -11.2. The van der Waals surface area contributed by atoms with E-state index in [9.17, 15) is 32.1 Å². The molecule has 0 heterocycles. The van der Waals surface area contributed by atoms with Gasteiger partial charge in [0, 0.05) is 6.20 Å². The summed E-state index contributed by atoms with van der Waals surface area (Å²) in [5.41, 5.74) is -2.29. The number of aliphatic hydroxyl groups is 1. The molecule has 0 aliphatic carbocycles. The van der Waals surface area contributed by atoms with Gasteiger partial charge in [0.1, 0.15) is 5.57 Å². The van der Waals surface area contributed by atoms with E-state index in [-0.39, 0.29) is 12.7 Å². The van der Waals surface area contributed by atoms with Gasteiger partial charge in [-0.15, -0.1) is 4.91 Å². The molecule has 0 aliphatic heterocycles. The van der Waals surface area contributed by atoms with Gasteiger partial charge in [0.15, 0.2) is 23.3 Å². The van der Waals surface area contributed by atoms with Crippen molar-refractivity contribution in [1.82, 2.24) is 5.01 Å². The van der Waals surface area contributed by atoms with E-state index < -0.39 is 58.8 Å². The van der Waals surface area contributed by atoms with Crippen molar-refractivity contribution in [2.45, 2.75) is 19.9 Å². The van der Waals surface area contributed by atoms with Crippen molar-refractivity contribution in [2.24, 2.45) is 5.29 Å². The number of nitroso groups, excluding NO2 is 1. The van der Waals surface area contributed by atoms with E-state index >= 15 is 0 Å². The molecule has 1 aromatic carbocycles. The van der Waals surface area contributed by atoms with Gasteiger partial charge < -0.3 is 9.84 Å². The Hall–Kier alpha value is -2.82. The highest BCUT2D eigenvalue weighted by molar-refractivity contribution is 6.24. The molecule has 142 valence electrons. The Balaban J connectivity index is 3.51. The molecule has 7 nitrogen and oxygen atoms in total. The van der Waals surface area contributed by atoms with Crippen LogP contribution in [0.4, 0.5) is 17.6 Å². The standard InChI is InChI=1S/C15H14F4N2O5/c1-3-26-15(24)9(5-21(20-25)7(2)6-22)14(23)8-4-10(16)12(18)13(19)11(8)17/h4-5,7,22H,3,6H2,1-2H3/b9-5-. The molecule has 26 heavy (non-hydrogen) atoms. The van der Waals surface area contributed by atoms with Gasteiger partial charge >= 0.3 is 5.97 Å². The fraction of sp³-hybridized carbons (Fsp3) is 0.333. The van der Waals surface area contributed by atoms with Crippen molar-refractivity contribution in [3.05, 3.63) is 51.6 Å². The third-order valence-electron chi connectivity index (χ3n) is 3.16. The summed E-state index contributed by atoms with van der Waals surface area (Å²) in [6, 6.07) is -0.923. The summed E-state index contributed by atoms with van der Waals surface area (Å²) in [6.45, 7) is 1.84. The molecule has 11 heteroatoms. The lowest BCUT2D eigenvalue weighted by Gasteiger charge is -2.18. The van der Waals surface area contributed by atoms with Crippen LogP contribution in [0.3, 0.4) is 0 Å². The Bertz CT molecular complexity index is 754. The van der Waals surface area contributed by atoms with Crippen LogP contribution in [-0.4, -0.2) is 41.1 Å². The van der Waals surface area contributed by atoms with Crippen LogP contribution >= 0.6 is 0 Å². The number of carbonyl (C=O) groups excluding carboxylic acids is 2. The largest absolute Gasteiger partial charge is 0.462 e. The van der Waals surface area contributed by atoms with Crippen LogP contribution in [0.1, 0.15) is 24.2 Å². The average Bonchev–Trinajstić information content (AvgIpc) is 2.62. The lowest BCUT2D eigenvalue weighted by molar-refractivity contribution is -0.138. The second-order valence-electron chi connectivity index (χ2n) is 4.93. The van der Waals surface area contributed by atoms with Gasteiger partial charge in [-0.3, -0.25) is 4.79 Å². The van der Waals surface area contributed by atoms with Crippen LogP contribution in [0.15, 0.2) is 23.1 Å². The van der Waals surface area contributed by atoms with Crippen molar-refractivity contribution in [1.29, 1.82) is 0 Å². The number of rotatable bonds is 8. The van der Waals surface area contributed by atoms with Crippen molar-refractivity contribution in [3.8, 4) is 0 Å². The second kappa shape index (κ2) is 9.04. The number of benzene rings is 1. The summed E-state index contributed by atoms with van der Waals surface area (Å²) >= 11 is 0. The van der Waals surface area contributed by atoms with Crippen LogP contribution in [0, 0.1) is 28.2 Å². The van der Waals surface area contributed by atoms with Crippen molar-refractivity contribution < 1.29 is 37.0 Å². The van der Waals surface area contributed by atoms with E-state index in [1.807, 2.05) is 0 Å². The molecule has 0 bridgehead atoms. The first-order valence-corrected chi connectivity index (χ1v) is 7.18. The zero-order chi connectivity index (χ0) is 20.0. The third-order valence-corrected chi connectivity index (χ3v) is 3.16. The van der Waals surface area contributed by atoms with E-state index in [0.717, 1.165) is 0 Å². The molecule has 1 aromatic rings. The predicted molar refractivity (Wildman–Crippen MR) is 79.5 cm³/mol. The Kier molecular flexibility index (Phi) is 7.38. The van der Waals surface area contributed by atoms with Crippen molar-refractivity contribution in [3.63, 3.8) is 0 Å². The molecule has 0 spiro atoms. The molecular weight excluding hydrogens is 364 g/mol. The molecule has 1 rings (SSSR count). The first-order valence-electron chi connectivity index (χ1n) is 7.18. The summed E-state index contributed by atoms with van der Waals surface area (Å²) in [5, 5.41) is 12.0. The number of halogens is 4. The second-order valence-corrected chi connectivity index (χ2v) is 4.93. The van der Waals surface area contributed by atoms with E-state index in [1.165, 1.54) is 13.8 Å². The Morgan fingerprint density at radius 2 is 1.88 bits per heavy atom. The molecule has 0 aliphatic rings. The molecular formula is C15H14F4N2O5. The first kappa shape index (κ1) is 21.2. The van der Waals surface area contributed by atoms with Crippen LogP contribution in [0.2, 0.25) is 0 Å². The van der Waals surface area contributed by atoms with Crippen LogP contribution in [-0.2, 0) is 9.53 Å². The molecule has 0 saturated carbocycles. The minimum atomic E-state index is -2.24. The van der Waals surface area contributed by atoms with E-state index in [2.05, 4.69) is 10.0 Å². The zero-order valence-corrected chi connectivity index (χ0v) is 13.6. The molecule has 1 unspecified atom stereocenters. The smallest absolute Gasteiger partial charge is 0.343 e. The van der Waals surface area contributed by atoms with Gasteiger partial charge in [0.05, 0.1) is 30.1 Å². The van der Waals surface area contributed by atoms with Crippen molar-refractivity contribution >= 4 is 11.8 Å². The summed E-state index contributed by atoms with van der Waals surface area (Å²) < 4.78 is 58.1. The van der Waals surface area contributed by atoms with Crippen LogP contribution < -0.4 is 0 Å². The average molecular weight is 378 g/mol. The Morgan fingerprint density at radius 3 is 2.38 bits per heavy atom. The number of ketones is 1. The van der Waals surface area contributed by atoms with Gasteiger partial charge in [-0.05, 0) is 19.9 Å².